The first-order chi connectivity index (χ1) is 12.9. The number of anilines is 1. The summed E-state index contributed by atoms with van der Waals surface area (Å²) in [5.41, 5.74) is 1.01. The van der Waals surface area contributed by atoms with Gasteiger partial charge in [0, 0.05) is 17.8 Å². The third-order valence-electron chi connectivity index (χ3n) is 3.73. The summed E-state index contributed by atoms with van der Waals surface area (Å²) in [4.78, 5) is 10.6. The minimum absolute atomic E-state index is 0.0730. The van der Waals surface area contributed by atoms with Crippen LogP contribution >= 0.6 is 7.60 Å². The molecular formula is C18H23N2O6P. The number of hydrogen-bond donors (Lipinski definition) is 1. The molecule has 0 saturated heterocycles. The fraction of sp³-hybridized carbons (Fsp3) is 0.333. The van der Waals surface area contributed by atoms with Gasteiger partial charge in [-0.25, -0.2) is 0 Å². The van der Waals surface area contributed by atoms with Crippen LogP contribution in [0.4, 0.5) is 11.4 Å². The van der Waals surface area contributed by atoms with Crippen molar-refractivity contribution in [2.75, 3.05) is 25.6 Å². The second-order valence-corrected chi connectivity index (χ2v) is 7.62. The molecule has 2 rings (SSSR count). The Labute approximate surface area is 158 Å². The lowest BCUT2D eigenvalue weighted by Crippen LogP contribution is -2.15. The molecule has 0 spiro atoms. The van der Waals surface area contributed by atoms with E-state index >= 15 is 0 Å². The number of nitrogens with one attached hydrogen (secondary N) is 1. The van der Waals surface area contributed by atoms with Crippen molar-refractivity contribution in [1.29, 1.82) is 0 Å². The zero-order chi connectivity index (χ0) is 19.9. The van der Waals surface area contributed by atoms with Crippen molar-refractivity contribution < 1.29 is 23.3 Å². The highest BCUT2D eigenvalue weighted by atomic mass is 31.2. The van der Waals surface area contributed by atoms with Gasteiger partial charge in [0.25, 0.3) is 5.69 Å². The van der Waals surface area contributed by atoms with Gasteiger partial charge in [0.2, 0.25) is 0 Å². The monoisotopic (exact) mass is 394 g/mol. The van der Waals surface area contributed by atoms with Crippen molar-refractivity contribution in [1.82, 2.24) is 0 Å². The van der Waals surface area contributed by atoms with E-state index in [9.17, 15) is 14.7 Å². The van der Waals surface area contributed by atoms with Crippen LogP contribution in [0.1, 0.15) is 25.2 Å². The van der Waals surface area contributed by atoms with E-state index in [0.717, 1.165) is 0 Å². The van der Waals surface area contributed by atoms with Crippen LogP contribution in [0.25, 0.3) is 0 Å². The molecule has 0 radical (unpaired) electrons. The molecule has 0 aromatic heterocycles. The molecule has 146 valence electrons. The molecule has 9 heteroatoms. The minimum atomic E-state index is -3.60. The van der Waals surface area contributed by atoms with Gasteiger partial charge < -0.3 is 19.1 Å². The number of benzene rings is 2. The Morgan fingerprint density at radius 3 is 2.26 bits per heavy atom. The normalized spacial score (nSPS) is 12.4. The summed E-state index contributed by atoms with van der Waals surface area (Å²) in [5, 5.41) is 14.1. The molecular weight excluding hydrogens is 371 g/mol. The maximum absolute atomic E-state index is 13.4. The van der Waals surface area contributed by atoms with Gasteiger partial charge in [0.1, 0.15) is 5.75 Å². The topological polar surface area (TPSA) is 99.9 Å². The van der Waals surface area contributed by atoms with Gasteiger partial charge in [0.15, 0.2) is 5.78 Å². The fourth-order valence-electron chi connectivity index (χ4n) is 2.54. The molecule has 8 nitrogen and oxygen atoms in total. The van der Waals surface area contributed by atoms with E-state index in [0.29, 0.717) is 17.0 Å². The van der Waals surface area contributed by atoms with Gasteiger partial charge in [0.05, 0.1) is 25.2 Å². The lowest BCUT2D eigenvalue weighted by atomic mass is 10.2. The molecule has 0 fully saturated rings. The lowest BCUT2D eigenvalue weighted by molar-refractivity contribution is -0.384. The SMILES string of the molecule is CCOP(=O)(OCC)[C@H](Nc1cccc([N+](=O)[O-])c1)c1ccc(OC)cc1. The van der Waals surface area contributed by atoms with Crippen molar-refractivity contribution in [3.05, 3.63) is 64.2 Å². The molecule has 0 saturated carbocycles. The Morgan fingerprint density at radius 1 is 1.11 bits per heavy atom. The van der Waals surface area contributed by atoms with Gasteiger partial charge in [-0.15, -0.1) is 0 Å². The molecule has 0 aliphatic carbocycles. The van der Waals surface area contributed by atoms with Gasteiger partial charge in [-0.3, -0.25) is 14.7 Å². The molecule has 0 aliphatic rings. The van der Waals surface area contributed by atoms with E-state index in [1.807, 2.05) is 0 Å². The quantitative estimate of drug-likeness (QED) is 0.344. The van der Waals surface area contributed by atoms with Crippen LogP contribution in [0.2, 0.25) is 0 Å². The van der Waals surface area contributed by atoms with Crippen LogP contribution < -0.4 is 10.1 Å². The molecule has 2 aromatic carbocycles. The zero-order valence-corrected chi connectivity index (χ0v) is 16.3. The van der Waals surface area contributed by atoms with Crippen molar-refractivity contribution >= 4 is 19.0 Å². The number of non-ortho nitro benzene ring substituents is 1. The average Bonchev–Trinajstić information content (AvgIpc) is 2.67. The maximum atomic E-state index is 13.4. The first kappa shape index (κ1) is 20.9. The van der Waals surface area contributed by atoms with Crippen LogP contribution in [0, 0.1) is 10.1 Å². The average molecular weight is 394 g/mol. The molecule has 0 amide bonds. The van der Waals surface area contributed by atoms with E-state index in [4.69, 9.17) is 13.8 Å². The molecule has 1 atom stereocenters. The number of rotatable bonds is 10. The van der Waals surface area contributed by atoms with Crippen molar-refractivity contribution in [2.45, 2.75) is 19.6 Å². The van der Waals surface area contributed by atoms with Crippen LogP contribution in [-0.4, -0.2) is 25.2 Å². The van der Waals surface area contributed by atoms with Gasteiger partial charge in [-0.05, 0) is 37.6 Å². The van der Waals surface area contributed by atoms with Crippen molar-refractivity contribution in [3.8, 4) is 5.75 Å². The van der Waals surface area contributed by atoms with Crippen LogP contribution in [0.5, 0.6) is 5.75 Å². The van der Waals surface area contributed by atoms with Gasteiger partial charge in [-0.1, -0.05) is 18.2 Å². The van der Waals surface area contributed by atoms with E-state index in [1.165, 1.54) is 12.1 Å². The Hall–Kier alpha value is -2.41. The van der Waals surface area contributed by atoms with Gasteiger partial charge in [-0.2, -0.15) is 0 Å². The minimum Gasteiger partial charge on any atom is -0.497 e. The Balaban J connectivity index is 2.46. The molecule has 0 unspecified atom stereocenters. The standard InChI is InChI=1S/C18H23N2O6P/c1-4-25-27(23,26-5-2)18(14-9-11-17(24-3)12-10-14)19-15-7-6-8-16(13-15)20(21)22/h6-13,18-19H,4-5H2,1-3H3/t18-/m0/s1. The second kappa shape index (κ2) is 9.50. The predicted molar refractivity (Wildman–Crippen MR) is 103 cm³/mol. The number of hydrogen-bond acceptors (Lipinski definition) is 7. The summed E-state index contributed by atoms with van der Waals surface area (Å²) in [5.74, 6) is -0.194. The first-order valence-corrected chi connectivity index (χ1v) is 10.1. The van der Waals surface area contributed by atoms with Crippen LogP contribution in [0.3, 0.4) is 0 Å². The lowest BCUT2D eigenvalue weighted by Gasteiger charge is -2.28. The van der Waals surface area contributed by atoms with E-state index in [2.05, 4.69) is 5.32 Å². The van der Waals surface area contributed by atoms with Crippen molar-refractivity contribution in [2.24, 2.45) is 0 Å². The molecule has 0 bridgehead atoms. The molecule has 0 heterocycles. The molecule has 2 aromatic rings. The third-order valence-corrected chi connectivity index (χ3v) is 6.02. The number of methoxy groups -OCH3 is 1. The number of nitro groups is 1. The third kappa shape index (κ3) is 5.29. The number of ether oxygens (including phenoxy) is 1. The summed E-state index contributed by atoms with van der Waals surface area (Å²) in [7, 11) is -2.05. The maximum Gasteiger partial charge on any atom is 0.357 e. The predicted octanol–water partition coefficient (Wildman–Crippen LogP) is 4.98. The van der Waals surface area contributed by atoms with Crippen LogP contribution in [0.15, 0.2) is 48.5 Å². The fourth-order valence-corrected chi connectivity index (χ4v) is 4.48. The summed E-state index contributed by atoms with van der Waals surface area (Å²) in [6.07, 6.45) is 0. The number of nitro benzene ring substituents is 1. The van der Waals surface area contributed by atoms with E-state index in [-0.39, 0.29) is 18.9 Å². The summed E-state index contributed by atoms with van der Waals surface area (Å²) in [6.45, 7) is 3.84. The first-order valence-electron chi connectivity index (χ1n) is 8.47. The Morgan fingerprint density at radius 2 is 1.74 bits per heavy atom. The van der Waals surface area contributed by atoms with E-state index < -0.39 is 18.3 Å². The van der Waals surface area contributed by atoms with Crippen LogP contribution in [-0.2, 0) is 13.6 Å². The van der Waals surface area contributed by atoms with E-state index in [1.54, 1.807) is 57.4 Å². The molecule has 0 aliphatic heterocycles. The summed E-state index contributed by atoms with van der Waals surface area (Å²) < 4.78 is 29.6. The van der Waals surface area contributed by atoms with Crippen molar-refractivity contribution in [3.63, 3.8) is 0 Å². The highest BCUT2D eigenvalue weighted by Gasteiger charge is 2.37. The highest BCUT2D eigenvalue weighted by molar-refractivity contribution is 7.54. The summed E-state index contributed by atoms with van der Waals surface area (Å²) in [6, 6.07) is 12.9. The second-order valence-electron chi connectivity index (χ2n) is 5.50. The Bertz CT molecular complexity index is 802. The largest absolute Gasteiger partial charge is 0.497 e. The van der Waals surface area contributed by atoms with Gasteiger partial charge >= 0.3 is 7.60 Å². The highest BCUT2D eigenvalue weighted by Crippen LogP contribution is 2.60. The molecule has 1 N–H and O–H groups in total. The molecule has 27 heavy (non-hydrogen) atoms. The number of nitrogens with zero attached hydrogens (tertiary/aromatic N) is 1. The smallest absolute Gasteiger partial charge is 0.357 e. The Kier molecular flexibility index (Phi) is 7.36. The summed E-state index contributed by atoms with van der Waals surface area (Å²) >= 11 is 0. The zero-order valence-electron chi connectivity index (χ0n) is 15.5.